The fourth-order valence-electron chi connectivity index (χ4n) is 4.29. The van der Waals surface area contributed by atoms with Crippen LogP contribution in [0.1, 0.15) is 35.0 Å². The maximum absolute atomic E-state index is 12.5. The van der Waals surface area contributed by atoms with Gasteiger partial charge in [-0.2, -0.15) is 4.98 Å². The van der Waals surface area contributed by atoms with Gasteiger partial charge in [0, 0.05) is 61.0 Å². The third-order valence-corrected chi connectivity index (χ3v) is 6.24. The summed E-state index contributed by atoms with van der Waals surface area (Å²) in [6.45, 7) is 3.77. The Kier molecular flexibility index (Phi) is 7.58. The quantitative estimate of drug-likeness (QED) is 0.366. The van der Waals surface area contributed by atoms with Crippen LogP contribution >= 0.6 is 0 Å². The molecule has 5 rings (SSSR count). The summed E-state index contributed by atoms with van der Waals surface area (Å²) in [6.07, 6.45) is 6.73. The largest absolute Gasteiger partial charge is 0.450 e. The molecule has 10 nitrogen and oxygen atoms in total. The minimum Gasteiger partial charge on any atom is -0.450 e. The van der Waals surface area contributed by atoms with Crippen LogP contribution in [0.3, 0.4) is 0 Å². The minimum absolute atomic E-state index is 0.134. The summed E-state index contributed by atoms with van der Waals surface area (Å²) in [4.78, 5) is 35.2. The average molecular weight is 512 g/mol. The number of carbonyl (C=O) groups excluding carboxylic acids is 2. The summed E-state index contributed by atoms with van der Waals surface area (Å²) in [6, 6.07) is 16.9. The second-order valence-electron chi connectivity index (χ2n) is 8.78. The molecular formula is C28H29N7O3. The molecule has 0 saturated heterocycles. The van der Waals surface area contributed by atoms with Crippen LogP contribution in [0.2, 0.25) is 0 Å². The van der Waals surface area contributed by atoms with Gasteiger partial charge in [-0.1, -0.05) is 12.1 Å². The molecule has 4 aromatic rings. The number of hydrogen-bond donors (Lipinski definition) is 2. The number of rotatable bonds is 8. The zero-order valence-corrected chi connectivity index (χ0v) is 21.1. The van der Waals surface area contributed by atoms with Crippen LogP contribution in [-0.2, 0) is 11.2 Å². The average Bonchev–Trinajstić information content (AvgIpc) is 3.37. The van der Waals surface area contributed by atoms with Gasteiger partial charge < -0.3 is 20.3 Å². The Morgan fingerprint density at radius 3 is 2.68 bits per heavy atom. The molecule has 0 radical (unpaired) electrons. The lowest BCUT2D eigenvalue weighted by Crippen LogP contribution is -2.35. The Morgan fingerprint density at radius 1 is 1.08 bits per heavy atom. The molecule has 38 heavy (non-hydrogen) atoms. The van der Waals surface area contributed by atoms with Crippen molar-refractivity contribution in [3.63, 3.8) is 0 Å². The molecule has 1 aromatic carbocycles. The zero-order valence-electron chi connectivity index (χ0n) is 21.1. The van der Waals surface area contributed by atoms with E-state index in [1.54, 1.807) is 34.7 Å². The Hall–Kier alpha value is -4.73. The second-order valence-corrected chi connectivity index (χ2v) is 8.78. The van der Waals surface area contributed by atoms with Gasteiger partial charge in [0.2, 0.25) is 5.95 Å². The molecule has 0 atom stereocenters. The third-order valence-electron chi connectivity index (χ3n) is 6.24. The molecular weight excluding hydrogens is 482 g/mol. The zero-order chi connectivity index (χ0) is 26.3. The monoisotopic (exact) mass is 511 g/mol. The second kappa shape index (κ2) is 11.5. The Balaban J connectivity index is 1.22. The highest BCUT2D eigenvalue weighted by atomic mass is 16.6. The van der Waals surface area contributed by atoms with Crippen LogP contribution in [0.25, 0.3) is 11.2 Å². The number of benzene rings is 1. The number of nitrogens with zero attached hydrogens (tertiary/aromatic N) is 5. The fraction of sp³-hybridized carbons (Fsp3) is 0.250. The van der Waals surface area contributed by atoms with E-state index in [1.807, 2.05) is 54.7 Å². The predicted octanol–water partition coefficient (Wildman–Crippen LogP) is 4.09. The molecule has 10 heteroatoms. The molecule has 1 aliphatic heterocycles. The smallest absolute Gasteiger partial charge is 0.410 e. The molecule has 0 aliphatic carbocycles. The van der Waals surface area contributed by atoms with E-state index in [0.29, 0.717) is 50.6 Å². The molecule has 3 aromatic heterocycles. The van der Waals surface area contributed by atoms with Crippen LogP contribution in [0.5, 0.6) is 0 Å². The van der Waals surface area contributed by atoms with Gasteiger partial charge in [0.15, 0.2) is 5.65 Å². The summed E-state index contributed by atoms with van der Waals surface area (Å²) in [5, 5.41) is 10.7. The first-order chi connectivity index (χ1) is 18.6. The number of carbonyl (C=O) groups is 2. The lowest BCUT2D eigenvalue weighted by molar-refractivity contribution is 0.0953. The van der Waals surface area contributed by atoms with E-state index in [1.165, 1.54) is 0 Å². The highest BCUT2D eigenvalue weighted by molar-refractivity contribution is 5.94. The Bertz CT molecular complexity index is 1450. The maximum Gasteiger partial charge on any atom is 0.410 e. The van der Waals surface area contributed by atoms with Gasteiger partial charge in [0.1, 0.15) is 0 Å². The highest BCUT2D eigenvalue weighted by Gasteiger charge is 2.20. The lowest BCUT2D eigenvalue weighted by Gasteiger charge is -2.25. The van der Waals surface area contributed by atoms with Crippen molar-refractivity contribution in [2.24, 2.45) is 0 Å². The molecule has 1 aliphatic rings. The van der Waals surface area contributed by atoms with Gasteiger partial charge in [-0.15, -0.1) is 5.10 Å². The number of amides is 2. The normalized spacial score (nSPS) is 13.2. The van der Waals surface area contributed by atoms with Gasteiger partial charge in [0.25, 0.3) is 5.91 Å². The number of aromatic nitrogens is 4. The van der Waals surface area contributed by atoms with Gasteiger partial charge in [0.05, 0.1) is 6.61 Å². The van der Waals surface area contributed by atoms with E-state index in [0.717, 1.165) is 28.2 Å². The van der Waals surface area contributed by atoms with Crippen molar-refractivity contribution in [3.8, 4) is 0 Å². The number of nitrogens with one attached hydrogen (secondary N) is 2. The molecule has 4 heterocycles. The van der Waals surface area contributed by atoms with Crippen molar-refractivity contribution in [2.75, 3.05) is 31.6 Å². The fourth-order valence-corrected chi connectivity index (χ4v) is 4.29. The molecule has 0 saturated carbocycles. The molecule has 2 N–H and O–H groups in total. The van der Waals surface area contributed by atoms with Crippen LogP contribution in [-0.4, -0.2) is 62.7 Å². The lowest BCUT2D eigenvalue weighted by atomic mass is 10.0. The van der Waals surface area contributed by atoms with Crippen molar-refractivity contribution in [3.05, 3.63) is 89.9 Å². The molecule has 0 fully saturated rings. The van der Waals surface area contributed by atoms with E-state index in [9.17, 15) is 9.59 Å². The van der Waals surface area contributed by atoms with E-state index >= 15 is 0 Å². The van der Waals surface area contributed by atoms with Crippen molar-refractivity contribution < 1.29 is 14.3 Å². The Labute approximate surface area is 220 Å². The number of pyridine rings is 2. The van der Waals surface area contributed by atoms with Crippen LogP contribution in [0, 0.1) is 0 Å². The standard InChI is InChI=1S/C28H29N7O3/c1-2-38-28(37)34-18-13-20(14-19-34)24-7-5-17-35-25(24)32-27(33-35)31-23-10-8-21(9-11-23)26(36)30-16-12-22-6-3-4-15-29-22/h3-11,13,15,17H,2,12,14,16,18-19H2,1H3,(H,30,36)(H,31,33). The van der Waals surface area contributed by atoms with Crippen LogP contribution in [0.15, 0.2) is 73.1 Å². The van der Waals surface area contributed by atoms with Crippen molar-refractivity contribution >= 4 is 34.9 Å². The van der Waals surface area contributed by atoms with E-state index in [2.05, 4.69) is 20.7 Å². The first-order valence-electron chi connectivity index (χ1n) is 12.6. The van der Waals surface area contributed by atoms with Crippen molar-refractivity contribution in [2.45, 2.75) is 19.8 Å². The van der Waals surface area contributed by atoms with E-state index in [-0.39, 0.29) is 12.0 Å². The third kappa shape index (κ3) is 5.80. The summed E-state index contributed by atoms with van der Waals surface area (Å²) < 4.78 is 6.84. The summed E-state index contributed by atoms with van der Waals surface area (Å²) >= 11 is 0. The first kappa shape index (κ1) is 24.9. The maximum atomic E-state index is 12.5. The predicted molar refractivity (Wildman–Crippen MR) is 144 cm³/mol. The van der Waals surface area contributed by atoms with Crippen LogP contribution in [0.4, 0.5) is 16.4 Å². The topological polar surface area (TPSA) is 114 Å². The number of anilines is 2. The number of ether oxygens (including phenoxy) is 1. The Morgan fingerprint density at radius 2 is 1.95 bits per heavy atom. The van der Waals surface area contributed by atoms with Gasteiger partial charge in [-0.05, 0) is 67.4 Å². The minimum atomic E-state index is -0.289. The van der Waals surface area contributed by atoms with Crippen molar-refractivity contribution in [1.82, 2.24) is 29.8 Å². The summed E-state index contributed by atoms with van der Waals surface area (Å²) in [5.41, 5.74) is 5.11. The molecule has 0 bridgehead atoms. The van der Waals surface area contributed by atoms with Gasteiger partial charge in [-0.3, -0.25) is 9.78 Å². The molecule has 0 unspecified atom stereocenters. The van der Waals surface area contributed by atoms with E-state index in [4.69, 9.17) is 9.72 Å². The van der Waals surface area contributed by atoms with Crippen molar-refractivity contribution in [1.29, 1.82) is 0 Å². The summed E-state index contributed by atoms with van der Waals surface area (Å²) in [7, 11) is 0. The van der Waals surface area contributed by atoms with Gasteiger partial charge in [-0.25, -0.2) is 9.31 Å². The van der Waals surface area contributed by atoms with Gasteiger partial charge >= 0.3 is 6.09 Å². The molecule has 194 valence electrons. The van der Waals surface area contributed by atoms with Crippen LogP contribution < -0.4 is 10.6 Å². The number of hydrogen-bond acceptors (Lipinski definition) is 7. The first-order valence-corrected chi connectivity index (χ1v) is 12.6. The molecule has 2 amide bonds. The highest BCUT2D eigenvalue weighted by Crippen LogP contribution is 2.26. The van der Waals surface area contributed by atoms with E-state index < -0.39 is 0 Å². The SMILES string of the molecule is CCOC(=O)N1CC=C(c2cccn3nc(Nc4ccc(C(=O)NCCc5ccccn5)cc4)nc23)CC1. The summed E-state index contributed by atoms with van der Waals surface area (Å²) in [5.74, 6) is 0.319. The number of fused-ring (bicyclic) bond motifs is 1. The molecule has 0 spiro atoms.